The summed E-state index contributed by atoms with van der Waals surface area (Å²) in [5.41, 5.74) is 0. The van der Waals surface area contributed by atoms with Gasteiger partial charge in [0, 0.05) is 13.0 Å². The fraction of sp³-hybridized carbons (Fsp3) is 0.556. The van der Waals surface area contributed by atoms with Gasteiger partial charge in [0.15, 0.2) is 0 Å². The molecule has 1 aliphatic heterocycles. The van der Waals surface area contributed by atoms with Gasteiger partial charge in [-0.05, 0) is 0 Å². The number of carboxylic acids is 1. The van der Waals surface area contributed by atoms with Crippen LogP contribution in [-0.2, 0) is 14.4 Å². The van der Waals surface area contributed by atoms with Gasteiger partial charge in [-0.15, -0.1) is 0 Å². The SMILES string of the molecule is O=C(CN1C(=O)CNC1=O)N[C@@H](CCO)C(=O)O. The summed E-state index contributed by atoms with van der Waals surface area (Å²) in [6.45, 7) is -1.12. The van der Waals surface area contributed by atoms with E-state index in [0.29, 0.717) is 4.90 Å². The zero-order valence-corrected chi connectivity index (χ0v) is 9.38. The van der Waals surface area contributed by atoms with Crippen LogP contribution >= 0.6 is 0 Å². The van der Waals surface area contributed by atoms with Gasteiger partial charge >= 0.3 is 12.0 Å². The van der Waals surface area contributed by atoms with Gasteiger partial charge in [-0.25, -0.2) is 9.59 Å². The molecule has 4 amide bonds. The van der Waals surface area contributed by atoms with E-state index in [-0.39, 0.29) is 13.0 Å². The Balaban J connectivity index is 2.52. The van der Waals surface area contributed by atoms with Crippen LogP contribution in [-0.4, -0.2) is 64.7 Å². The van der Waals surface area contributed by atoms with Crippen molar-refractivity contribution in [1.29, 1.82) is 0 Å². The van der Waals surface area contributed by atoms with Crippen LogP contribution in [0.1, 0.15) is 6.42 Å². The maximum absolute atomic E-state index is 11.4. The molecule has 0 unspecified atom stereocenters. The summed E-state index contributed by atoms with van der Waals surface area (Å²) in [4.78, 5) is 45.1. The maximum atomic E-state index is 11.4. The van der Waals surface area contributed by atoms with Crippen LogP contribution in [0.3, 0.4) is 0 Å². The zero-order chi connectivity index (χ0) is 13.7. The number of amides is 4. The molecule has 0 aromatic carbocycles. The molecular weight excluding hydrogens is 246 g/mol. The van der Waals surface area contributed by atoms with Crippen LogP contribution in [0.2, 0.25) is 0 Å². The smallest absolute Gasteiger partial charge is 0.326 e. The summed E-state index contributed by atoms with van der Waals surface area (Å²) in [5.74, 6) is -2.62. The van der Waals surface area contributed by atoms with Gasteiger partial charge in [0.2, 0.25) is 5.91 Å². The summed E-state index contributed by atoms with van der Waals surface area (Å²) < 4.78 is 0. The minimum atomic E-state index is -1.30. The van der Waals surface area contributed by atoms with Crippen LogP contribution in [0, 0.1) is 0 Å². The second-order valence-electron chi connectivity index (χ2n) is 3.61. The molecule has 0 aromatic heterocycles. The summed E-state index contributed by atoms with van der Waals surface area (Å²) in [6.07, 6.45) is -0.152. The van der Waals surface area contributed by atoms with E-state index in [0.717, 1.165) is 0 Å². The first-order chi connectivity index (χ1) is 8.45. The zero-order valence-electron chi connectivity index (χ0n) is 9.38. The van der Waals surface area contributed by atoms with E-state index in [2.05, 4.69) is 10.6 Å². The number of rotatable bonds is 6. The Hall–Kier alpha value is -2.16. The number of carbonyl (C=O) groups excluding carboxylic acids is 3. The number of imide groups is 1. The summed E-state index contributed by atoms with van der Waals surface area (Å²) in [7, 11) is 0. The van der Waals surface area contributed by atoms with E-state index in [1.54, 1.807) is 0 Å². The average molecular weight is 259 g/mol. The molecule has 100 valence electrons. The van der Waals surface area contributed by atoms with E-state index in [1.165, 1.54) is 0 Å². The lowest BCUT2D eigenvalue weighted by molar-refractivity contribution is -0.142. The minimum Gasteiger partial charge on any atom is -0.480 e. The molecule has 1 fully saturated rings. The molecule has 1 rings (SSSR count). The number of carboxylic acid groups (broad SMARTS) is 1. The topological polar surface area (TPSA) is 136 Å². The Kier molecular flexibility index (Phi) is 4.60. The van der Waals surface area contributed by atoms with Gasteiger partial charge in [-0.3, -0.25) is 14.5 Å². The molecule has 1 atom stereocenters. The molecule has 0 aliphatic carbocycles. The summed E-state index contributed by atoms with van der Waals surface area (Å²) in [6, 6.07) is -1.94. The Labute approximate surface area is 102 Å². The third kappa shape index (κ3) is 3.42. The Morgan fingerprint density at radius 1 is 1.44 bits per heavy atom. The van der Waals surface area contributed by atoms with Crippen LogP contribution in [0.5, 0.6) is 0 Å². The number of carbonyl (C=O) groups is 4. The van der Waals surface area contributed by atoms with Crippen molar-refractivity contribution in [3.8, 4) is 0 Å². The van der Waals surface area contributed by atoms with Crippen LogP contribution in [0.25, 0.3) is 0 Å². The van der Waals surface area contributed by atoms with Crippen LogP contribution in [0.15, 0.2) is 0 Å². The second-order valence-corrected chi connectivity index (χ2v) is 3.61. The molecule has 0 aromatic rings. The molecule has 9 nitrogen and oxygen atoms in total. The molecule has 0 bridgehead atoms. The predicted molar refractivity (Wildman–Crippen MR) is 56.4 cm³/mol. The maximum Gasteiger partial charge on any atom is 0.326 e. The molecule has 0 spiro atoms. The number of nitrogens with zero attached hydrogens (tertiary/aromatic N) is 1. The molecular formula is C9H13N3O6. The first-order valence-electron chi connectivity index (χ1n) is 5.17. The minimum absolute atomic E-state index is 0.152. The van der Waals surface area contributed by atoms with Crippen LogP contribution < -0.4 is 10.6 Å². The number of urea groups is 1. The van der Waals surface area contributed by atoms with Crippen molar-refractivity contribution in [1.82, 2.24) is 15.5 Å². The van der Waals surface area contributed by atoms with E-state index >= 15 is 0 Å². The van der Waals surface area contributed by atoms with Crippen molar-refractivity contribution >= 4 is 23.8 Å². The number of hydrogen-bond donors (Lipinski definition) is 4. The highest BCUT2D eigenvalue weighted by molar-refractivity contribution is 6.04. The number of aliphatic hydroxyl groups excluding tert-OH is 1. The van der Waals surface area contributed by atoms with Gasteiger partial charge in [0.1, 0.15) is 12.6 Å². The Morgan fingerprint density at radius 3 is 2.56 bits per heavy atom. The number of hydrogen-bond acceptors (Lipinski definition) is 5. The van der Waals surface area contributed by atoms with Gasteiger partial charge in [-0.1, -0.05) is 0 Å². The highest BCUT2D eigenvalue weighted by Crippen LogP contribution is 1.99. The van der Waals surface area contributed by atoms with Gasteiger partial charge < -0.3 is 20.8 Å². The van der Waals surface area contributed by atoms with Crippen LogP contribution in [0.4, 0.5) is 4.79 Å². The fourth-order valence-corrected chi connectivity index (χ4v) is 1.39. The summed E-state index contributed by atoms with van der Waals surface area (Å²) >= 11 is 0. The van der Waals surface area contributed by atoms with Crippen molar-refractivity contribution in [2.24, 2.45) is 0 Å². The van der Waals surface area contributed by atoms with Gasteiger partial charge in [0.25, 0.3) is 5.91 Å². The third-order valence-electron chi connectivity index (χ3n) is 2.29. The molecule has 9 heteroatoms. The molecule has 18 heavy (non-hydrogen) atoms. The number of aliphatic hydroxyl groups is 1. The van der Waals surface area contributed by atoms with Crippen molar-refractivity contribution in [2.75, 3.05) is 19.7 Å². The standard InChI is InChI=1S/C9H13N3O6/c13-2-1-5(8(16)17)11-6(14)4-12-7(15)3-10-9(12)18/h5,13H,1-4H2,(H,10,18)(H,11,14)(H,16,17)/t5-/m0/s1. The largest absolute Gasteiger partial charge is 0.480 e. The van der Waals surface area contributed by atoms with E-state index < -0.39 is 43.0 Å². The molecule has 0 saturated carbocycles. The fourth-order valence-electron chi connectivity index (χ4n) is 1.39. The Bertz CT molecular complexity index is 366. The van der Waals surface area contributed by atoms with Crippen molar-refractivity contribution in [3.05, 3.63) is 0 Å². The number of nitrogens with one attached hydrogen (secondary N) is 2. The van der Waals surface area contributed by atoms with Gasteiger partial charge in [0.05, 0.1) is 6.54 Å². The first-order valence-corrected chi connectivity index (χ1v) is 5.17. The lowest BCUT2D eigenvalue weighted by Gasteiger charge is -2.16. The molecule has 0 radical (unpaired) electrons. The lowest BCUT2D eigenvalue weighted by atomic mass is 10.2. The molecule has 4 N–H and O–H groups in total. The second kappa shape index (κ2) is 5.96. The quantitative estimate of drug-likeness (QED) is 0.389. The van der Waals surface area contributed by atoms with E-state index in [1.807, 2.05) is 0 Å². The number of aliphatic carboxylic acids is 1. The predicted octanol–water partition coefficient (Wildman–Crippen LogP) is -2.51. The van der Waals surface area contributed by atoms with Crippen molar-refractivity contribution in [3.63, 3.8) is 0 Å². The Morgan fingerprint density at radius 2 is 2.11 bits per heavy atom. The highest BCUT2D eigenvalue weighted by Gasteiger charge is 2.31. The molecule has 1 saturated heterocycles. The van der Waals surface area contributed by atoms with E-state index in [4.69, 9.17) is 10.2 Å². The molecule has 1 heterocycles. The highest BCUT2D eigenvalue weighted by atomic mass is 16.4. The molecule has 1 aliphatic rings. The van der Waals surface area contributed by atoms with Crippen molar-refractivity contribution < 1.29 is 29.4 Å². The van der Waals surface area contributed by atoms with E-state index in [9.17, 15) is 19.2 Å². The van der Waals surface area contributed by atoms with Crippen molar-refractivity contribution in [2.45, 2.75) is 12.5 Å². The third-order valence-corrected chi connectivity index (χ3v) is 2.29. The lowest BCUT2D eigenvalue weighted by Crippen LogP contribution is -2.47. The first kappa shape index (κ1) is 13.9. The summed E-state index contributed by atoms with van der Waals surface area (Å²) in [5, 5.41) is 21.7. The average Bonchev–Trinajstić information content (AvgIpc) is 2.60. The monoisotopic (exact) mass is 259 g/mol. The van der Waals surface area contributed by atoms with Gasteiger partial charge in [-0.2, -0.15) is 0 Å². The normalized spacial score (nSPS) is 16.4.